The lowest BCUT2D eigenvalue weighted by Gasteiger charge is -2.60. The Kier molecular flexibility index (Phi) is 4.63. The molecule has 6 nitrogen and oxygen atoms in total. The van der Waals surface area contributed by atoms with Gasteiger partial charge in [-0.3, -0.25) is 4.79 Å². The van der Waals surface area contributed by atoms with Crippen LogP contribution in [-0.4, -0.2) is 38.8 Å². The zero-order chi connectivity index (χ0) is 17.4. The van der Waals surface area contributed by atoms with Gasteiger partial charge in [-0.25, -0.2) is 0 Å². The lowest BCUT2D eigenvalue weighted by atomic mass is 9.52. The van der Waals surface area contributed by atoms with Crippen LogP contribution in [0.4, 0.5) is 5.13 Å². The van der Waals surface area contributed by atoms with Crippen LogP contribution in [0, 0.1) is 29.1 Å². The number of nitrogens with zero attached hydrogens (tertiary/aromatic N) is 4. The Hall–Kier alpha value is -1.33. The molecule has 8 heteroatoms. The van der Waals surface area contributed by atoms with Crippen molar-refractivity contribution in [3.8, 4) is 6.07 Å². The molecule has 1 amide bonds. The van der Waals surface area contributed by atoms with Gasteiger partial charge >= 0.3 is 0 Å². The van der Waals surface area contributed by atoms with Crippen molar-refractivity contribution in [2.45, 2.75) is 54.8 Å². The fourth-order valence-electron chi connectivity index (χ4n) is 5.66. The van der Waals surface area contributed by atoms with Crippen molar-refractivity contribution < 1.29 is 4.79 Å². The number of thioether (sulfide) groups is 1. The molecule has 4 bridgehead atoms. The van der Waals surface area contributed by atoms with E-state index in [2.05, 4.69) is 21.2 Å². The maximum Gasteiger partial charge on any atom is 0.233 e. The van der Waals surface area contributed by atoms with Gasteiger partial charge in [-0.1, -0.05) is 23.1 Å². The first-order valence-corrected chi connectivity index (χ1v) is 10.8. The molecule has 0 aromatic carbocycles. The molecule has 1 heterocycles. The number of amides is 1. The zero-order valence-corrected chi connectivity index (χ0v) is 15.8. The molecular formula is C17H23N5OS2. The van der Waals surface area contributed by atoms with Crippen LogP contribution in [0.15, 0.2) is 4.34 Å². The van der Waals surface area contributed by atoms with E-state index in [4.69, 9.17) is 11.0 Å². The molecular weight excluding hydrogens is 354 g/mol. The predicted molar refractivity (Wildman–Crippen MR) is 97.9 cm³/mol. The van der Waals surface area contributed by atoms with Gasteiger partial charge in [-0.15, -0.1) is 10.2 Å². The van der Waals surface area contributed by atoms with Crippen molar-refractivity contribution in [1.82, 2.24) is 15.1 Å². The van der Waals surface area contributed by atoms with Crippen molar-refractivity contribution in [3.05, 3.63) is 0 Å². The summed E-state index contributed by atoms with van der Waals surface area (Å²) in [6.07, 6.45) is 7.84. The third-order valence-corrected chi connectivity index (χ3v) is 7.94. The van der Waals surface area contributed by atoms with Crippen molar-refractivity contribution >= 4 is 34.1 Å². The van der Waals surface area contributed by atoms with Crippen LogP contribution in [-0.2, 0) is 4.79 Å². The summed E-state index contributed by atoms with van der Waals surface area (Å²) >= 11 is 2.72. The first-order chi connectivity index (χ1) is 12.1. The van der Waals surface area contributed by atoms with Crippen LogP contribution < -0.4 is 5.73 Å². The van der Waals surface area contributed by atoms with Gasteiger partial charge in [-0.2, -0.15) is 5.26 Å². The van der Waals surface area contributed by atoms with E-state index in [-0.39, 0.29) is 11.4 Å². The Bertz CT molecular complexity index is 662. The summed E-state index contributed by atoms with van der Waals surface area (Å²) in [6.45, 7) is 0.556. The lowest BCUT2D eigenvalue weighted by Crippen LogP contribution is -2.62. The molecule has 0 aliphatic heterocycles. The average molecular weight is 378 g/mol. The van der Waals surface area contributed by atoms with Gasteiger partial charge in [0.2, 0.25) is 11.0 Å². The number of aromatic nitrogens is 2. The number of nitriles is 1. The molecule has 0 radical (unpaired) electrons. The first-order valence-electron chi connectivity index (χ1n) is 8.97. The number of carbonyl (C=O) groups excluding carboxylic acids is 1. The van der Waals surface area contributed by atoms with Crippen LogP contribution >= 0.6 is 23.1 Å². The average Bonchev–Trinajstić information content (AvgIpc) is 2.97. The summed E-state index contributed by atoms with van der Waals surface area (Å²) in [5, 5.41) is 17.3. The van der Waals surface area contributed by atoms with Gasteiger partial charge in [0.25, 0.3) is 0 Å². The van der Waals surface area contributed by atoms with Crippen molar-refractivity contribution in [3.63, 3.8) is 0 Å². The molecule has 4 aliphatic rings. The van der Waals surface area contributed by atoms with Crippen LogP contribution in [0.2, 0.25) is 0 Å². The smallest absolute Gasteiger partial charge is 0.233 e. The third-order valence-electron chi connectivity index (χ3n) is 6.07. The number of hydrogen-bond donors (Lipinski definition) is 1. The van der Waals surface area contributed by atoms with E-state index in [1.165, 1.54) is 42.4 Å². The molecule has 2 N–H and O–H groups in total. The normalized spacial score (nSPS) is 32.5. The van der Waals surface area contributed by atoms with E-state index >= 15 is 0 Å². The van der Waals surface area contributed by atoms with Crippen LogP contribution in [0.3, 0.4) is 0 Å². The highest BCUT2D eigenvalue weighted by Gasteiger charge is 2.54. The first kappa shape index (κ1) is 17.1. The summed E-state index contributed by atoms with van der Waals surface area (Å²) in [6, 6.07) is 2.22. The molecule has 0 saturated heterocycles. The van der Waals surface area contributed by atoms with Crippen LogP contribution in [0.5, 0.6) is 0 Å². The van der Waals surface area contributed by atoms with Gasteiger partial charge in [0.15, 0.2) is 4.34 Å². The van der Waals surface area contributed by atoms with E-state index < -0.39 is 0 Å². The number of rotatable bonds is 6. The molecule has 4 aliphatic carbocycles. The van der Waals surface area contributed by atoms with Crippen LogP contribution in [0.1, 0.15) is 44.9 Å². The molecule has 0 spiro atoms. The number of nitrogen functional groups attached to an aromatic ring is 1. The molecule has 4 saturated carbocycles. The topological polar surface area (TPSA) is 95.9 Å². The standard InChI is InChI=1S/C17H23N5OS2/c18-2-1-3-22(14(23)10-24-16-21-20-15(19)25-16)17-7-11-4-12(8-17)6-13(5-11)9-17/h11-13H,1,3-10H2,(H2,19,20). The number of hydrogen-bond acceptors (Lipinski definition) is 7. The van der Waals surface area contributed by atoms with Gasteiger partial charge in [-0.05, 0) is 56.3 Å². The maximum absolute atomic E-state index is 13.1. The van der Waals surface area contributed by atoms with Crippen molar-refractivity contribution in [1.29, 1.82) is 5.26 Å². The van der Waals surface area contributed by atoms with Gasteiger partial charge < -0.3 is 10.6 Å². The number of nitrogens with two attached hydrogens (primary N) is 1. The van der Waals surface area contributed by atoms with E-state index in [9.17, 15) is 4.79 Å². The van der Waals surface area contributed by atoms with Gasteiger partial charge in [0.05, 0.1) is 18.2 Å². The third kappa shape index (κ3) is 3.36. The molecule has 134 valence electrons. The summed E-state index contributed by atoms with van der Waals surface area (Å²) in [4.78, 5) is 15.1. The fourth-order valence-corrected chi connectivity index (χ4v) is 7.18. The summed E-state index contributed by atoms with van der Waals surface area (Å²) in [5.41, 5.74) is 5.62. The maximum atomic E-state index is 13.1. The van der Waals surface area contributed by atoms with E-state index in [0.29, 0.717) is 23.8 Å². The second kappa shape index (κ2) is 6.76. The highest BCUT2D eigenvalue weighted by molar-refractivity contribution is 8.01. The minimum Gasteiger partial charge on any atom is -0.374 e. The summed E-state index contributed by atoms with van der Waals surface area (Å²) in [7, 11) is 0. The summed E-state index contributed by atoms with van der Waals surface area (Å²) in [5.74, 6) is 2.82. The highest BCUT2D eigenvalue weighted by Crippen LogP contribution is 2.57. The lowest BCUT2D eigenvalue weighted by molar-refractivity contribution is -0.147. The van der Waals surface area contributed by atoms with E-state index in [1.807, 2.05) is 0 Å². The monoisotopic (exact) mass is 377 g/mol. The Balaban J connectivity index is 1.49. The highest BCUT2D eigenvalue weighted by atomic mass is 32.2. The van der Waals surface area contributed by atoms with Gasteiger partial charge in [0, 0.05) is 12.1 Å². The Morgan fingerprint density at radius 2 is 1.92 bits per heavy atom. The predicted octanol–water partition coefficient (Wildman–Crippen LogP) is 2.92. The Labute approximate surface area is 156 Å². The minimum absolute atomic E-state index is 0.00337. The SMILES string of the molecule is N#CCCN(C(=O)CSc1nnc(N)s1)C12CC3CC(CC(C3)C1)C2. The molecule has 25 heavy (non-hydrogen) atoms. The van der Waals surface area contributed by atoms with Crippen LogP contribution in [0.25, 0.3) is 0 Å². The second-order valence-corrected chi connectivity index (χ2v) is 10.0. The summed E-state index contributed by atoms with van der Waals surface area (Å²) < 4.78 is 0.733. The van der Waals surface area contributed by atoms with Gasteiger partial charge in [0.1, 0.15) is 0 Å². The minimum atomic E-state index is 0.00337. The molecule has 5 rings (SSSR count). The number of carbonyl (C=O) groups is 1. The van der Waals surface area contributed by atoms with Crippen molar-refractivity contribution in [2.24, 2.45) is 17.8 Å². The molecule has 0 atom stereocenters. The Morgan fingerprint density at radius 1 is 1.28 bits per heavy atom. The molecule has 1 aromatic heterocycles. The zero-order valence-electron chi connectivity index (χ0n) is 14.2. The molecule has 4 fully saturated rings. The largest absolute Gasteiger partial charge is 0.374 e. The van der Waals surface area contributed by atoms with Crippen molar-refractivity contribution in [2.75, 3.05) is 18.0 Å². The fraction of sp³-hybridized carbons (Fsp3) is 0.765. The number of anilines is 1. The quantitative estimate of drug-likeness (QED) is 0.766. The van der Waals surface area contributed by atoms with E-state index in [1.54, 1.807) is 0 Å². The van der Waals surface area contributed by atoms with E-state index in [0.717, 1.165) is 41.4 Å². The molecule has 1 aromatic rings. The Morgan fingerprint density at radius 3 is 2.44 bits per heavy atom. The molecule has 0 unspecified atom stereocenters. The second-order valence-electron chi connectivity index (χ2n) is 7.79.